The van der Waals surface area contributed by atoms with Gasteiger partial charge < -0.3 is 11.5 Å². The SMILES string of the molecule is CC(CC(N)=O)NS(=O)(=O)c1c(N)cc([N+](=O)[O-])cc1F. The van der Waals surface area contributed by atoms with Crippen LogP contribution in [0.15, 0.2) is 17.0 Å². The largest absolute Gasteiger partial charge is 0.397 e. The minimum Gasteiger partial charge on any atom is -0.397 e. The Balaban J connectivity index is 3.20. The van der Waals surface area contributed by atoms with Gasteiger partial charge in [0.05, 0.1) is 16.7 Å². The van der Waals surface area contributed by atoms with Crippen molar-refractivity contribution < 1.29 is 22.5 Å². The molecule has 0 radical (unpaired) electrons. The summed E-state index contributed by atoms with van der Waals surface area (Å²) in [6, 6.07) is 0.293. The van der Waals surface area contributed by atoms with Crippen LogP contribution < -0.4 is 16.2 Å². The molecule has 1 atom stereocenters. The van der Waals surface area contributed by atoms with Crippen molar-refractivity contribution in [1.82, 2.24) is 4.72 Å². The van der Waals surface area contributed by atoms with Crippen LogP contribution in [0.3, 0.4) is 0 Å². The van der Waals surface area contributed by atoms with Gasteiger partial charge in [0.15, 0.2) is 5.82 Å². The highest BCUT2D eigenvalue weighted by Gasteiger charge is 2.27. The van der Waals surface area contributed by atoms with Crippen LogP contribution in [0.4, 0.5) is 15.8 Å². The van der Waals surface area contributed by atoms with Gasteiger partial charge in [-0.1, -0.05) is 0 Å². The summed E-state index contributed by atoms with van der Waals surface area (Å²) < 4.78 is 39.8. The van der Waals surface area contributed by atoms with E-state index >= 15 is 0 Å². The smallest absolute Gasteiger partial charge is 0.274 e. The lowest BCUT2D eigenvalue weighted by atomic mass is 10.2. The van der Waals surface area contributed by atoms with E-state index in [9.17, 15) is 27.7 Å². The lowest BCUT2D eigenvalue weighted by Gasteiger charge is -2.14. The van der Waals surface area contributed by atoms with E-state index in [1.165, 1.54) is 6.92 Å². The van der Waals surface area contributed by atoms with Crippen molar-refractivity contribution in [2.75, 3.05) is 5.73 Å². The van der Waals surface area contributed by atoms with Crippen molar-refractivity contribution in [2.45, 2.75) is 24.3 Å². The third-order valence-corrected chi connectivity index (χ3v) is 4.08. The molecular weight excluding hydrogens is 307 g/mol. The number of anilines is 1. The molecule has 0 aliphatic carbocycles. The van der Waals surface area contributed by atoms with Gasteiger partial charge in [-0.15, -0.1) is 0 Å². The van der Waals surface area contributed by atoms with E-state index in [0.717, 1.165) is 6.07 Å². The zero-order valence-corrected chi connectivity index (χ0v) is 11.7. The molecule has 0 aliphatic heterocycles. The van der Waals surface area contributed by atoms with Crippen LogP contribution in [0.1, 0.15) is 13.3 Å². The van der Waals surface area contributed by atoms with Crippen LogP contribution in [0.25, 0.3) is 0 Å². The van der Waals surface area contributed by atoms with E-state index in [1.807, 2.05) is 4.72 Å². The highest BCUT2D eigenvalue weighted by Crippen LogP contribution is 2.27. The summed E-state index contributed by atoms with van der Waals surface area (Å²) >= 11 is 0. The monoisotopic (exact) mass is 320 g/mol. The standard InChI is InChI=1S/C10H13FN4O5S/c1-5(2-9(13)16)14-21(19,20)10-7(11)3-6(15(17)18)4-8(10)12/h3-5,14H,2,12H2,1H3,(H2,13,16). The molecule has 116 valence electrons. The first-order chi connectivity index (χ1) is 9.54. The topological polar surface area (TPSA) is 158 Å². The number of nitrogens with zero attached hydrogens (tertiary/aromatic N) is 1. The molecule has 1 unspecified atom stereocenters. The number of nitro benzene ring substituents is 1. The van der Waals surface area contributed by atoms with Crippen molar-refractivity contribution in [3.8, 4) is 0 Å². The van der Waals surface area contributed by atoms with Gasteiger partial charge in [-0.05, 0) is 6.92 Å². The summed E-state index contributed by atoms with van der Waals surface area (Å²) in [5.41, 5.74) is 9.00. The van der Waals surface area contributed by atoms with E-state index in [4.69, 9.17) is 11.5 Å². The van der Waals surface area contributed by atoms with Gasteiger partial charge in [-0.25, -0.2) is 17.5 Å². The quantitative estimate of drug-likeness (QED) is 0.376. The lowest BCUT2D eigenvalue weighted by molar-refractivity contribution is -0.385. The van der Waals surface area contributed by atoms with Crippen molar-refractivity contribution in [3.05, 3.63) is 28.1 Å². The van der Waals surface area contributed by atoms with Crippen LogP contribution in [-0.2, 0) is 14.8 Å². The third-order valence-electron chi connectivity index (χ3n) is 2.40. The molecule has 0 bridgehead atoms. The minimum atomic E-state index is -4.39. The van der Waals surface area contributed by atoms with Gasteiger partial charge in [-0.3, -0.25) is 14.9 Å². The third kappa shape index (κ3) is 4.10. The molecule has 0 aliphatic rings. The number of sulfonamides is 1. The fraction of sp³-hybridized carbons (Fsp3) is 0.300. The van der Waals surface area contributed by atoms with Gasteiger partial charge in [0.2, 0.25) is 15.9 Å². The van der Waals surface area contributed by atoms with Gasteiger partial charge in [0.25, 0.3) is 5.69 Å². The van der Waals surface area contributed by atoms with E-state index in [1.54, 1.807) is 0 Å². The predicted molar refractivity (Wildman–Crippen MR) is 71.1 cm³/mol. The Morgan fingerprint density at radius 2 is 2.10 bits per heavy atom. The molecule has 1 aromatic carbocycles. The van der Waals surface area contributed by atoms with Gasteiger partial charge >= 0.3 is 0 Å². The molecule has 0 fully saturated rings. The fourth-order valence-electron chi connectivity index (χ4n) is 1.66. The number of hydrogen-bond acceptors (Lipinski definition) is 6. The molecule has 0 spiro atoms. The van der Waals surface area contributed by atoms with E-state index in [-0.39, 0.29) is 6.42 Å². The lowest BCUT2D eigenvalue weighted by Crippen LogP contribution is -2.36. The van der Waals surface area contributed by atoms with E-state index in [2.05, 4.69) is 0 Å². The number of nitrogens with one attached hydrogen (secondary N) is 1. The number of nitrogen functional groups attached to an aromatic ring is 1. The molecule has 0 saturated heterocycles. The number of nitro groups is 1. The summed E-state index contributed by atoms with van der Waals surface area (Å²) in [5, 5.41) is 10.5. The Bertz CT molecular complexity index is 668. The first-order valence-corrected chi connectivity index (χ1v) is 7.07. The van der Waals surface area contributed by atoms with Gasteiger partial charge in [0.1, 0.15) is 4.90 Å². The summed E-state index contributed by atoms with van der Waals surface area (Å²) in [7, 11) is -4.39. The molecule has 0 saturated carbocycles. The van der Waals surface area contributed by atoms with Crippen LogP contribution >= 0.6 is 0 Å². The minimum absolute atomic E-state index is 0.298. The molecule has 0 aromatic heterocycles. The van der Waals surface area contributed by atoms with E-state index < -0.39 is 49.0 Å². The highest BCUT2D eigenvalue weighted by molar-refractivity contribution is 7.89. The molecule has 0 heterocycles. The maximum atomic E-state index is 13.8. The number of amides is 1. The number of carbonyl (C=O) groups excluding carboxylic acids is 1. The second kappa shape index (κ2) is 6.01. The maximum absolute atomic E-state index is 13.8. The normalized spacial score (nSPS) is 12.9. The predicted octanol–water partition coefficient (Wildman–Crippen LogP) is -0.142. The Hall–Kier alpha value is -2.27. The van der Waals surface area contributed by atoms with Crippen LogP contribution in [-0.4, -0.2) is 25.3 Å². The summed E-state index contributed by atoms with van der Waals surface area (Å²) in [6.07, 6.45) is -0.298. The van der Waals surface area contributed by atoms with Gasteiger partial charge in [-0.2, -0.15) is 0 Å². The van der Waals surface area contributed by atoms with Crippen molar-refractivity contribution in [1.29, 1.82) is 0 Å². The average molecular weight is 320 g/mol. The van der Waals surface area contributed by atoms with Crippen molar-refractivity contribution in [2.24, 2.45) is 5.73 Å². The Morgan fingerprint density at radius 3 is 2.52 bits per heavy atom. The first-order valence-electron chi connectivity index (χ1n) is 5.58. The highest BCUT2D eigenvalue weighted by atomic mass is 32.2. The zero-order chi connectivity index (χ0) is 16.4. The Morgan fingerprint density at radius 1 is 1.52 bits per heavy atom. The molecule has 9 nitrogen and oxygen atoms in total. The Labute approximate surface area is 119 Å². The molecule has 11 heteroatoms. The number of non-ortho nitro benzene ring substituents is 1. The van der Waals surface area contributed by atoms with Crippen LogP contribution in [0, 0.1) is 15.9 Å². The molecule has 1 aromatic rings. The summed E-state index contributed by atoms with van der Waals surface area (Å²) in [5.74, 6) is -2.11. The average Bonchev–Trinajstić information content (AvgIpc) is 2.24. The summed E-state index contributed by atoms with van der Waals surface area (Å²) in [6.45, 7) is 1.35. The van der Waals surface area contributed by atoms with Crippen LogP contribution in [0.5, 0.6) is 0 Å². The number of nitrogens with two attached hydrogens (primary N) is 2. The molecule has 5 N–H and O–H groups in total. The first kappa shape index (κ1) is 16.8. The fourth-order valence-corrected chi connectivity index (χ4v) is 3.07. The molecule has 1 rings (SSSR count). The second-order valence-corrected chi connectivity index (χ2v) is 5.95. The van der Waals surface area contributed by atoms with Gasteiger partial charge in [0, 0.05) is 18.5 Å². The zero-order valence-electron chi connectivity index (χ0n) is 10.9. The van der Waals surface area contributed by atoms with E-state index in [0.29, 0.717) is 6.07 Å². The Kier molecular flexibility index (Phi) is 4.80. The van der Waals surface area contributed by atoms with Crippen molar-refractivity contribution in [3.63, 3.8) is 0 Å². The van der Waals surface area contributed by atoms with Crippen molar-refractivity contribution >= 4 is 27.3 Å². The van der Waals surface area contributed by atoms with Crippen LogP contribution in [0.2, 0.25) is 0 Å². The molecule has 1 amide bonds. The number of primary amides is 1. The molecular formula is C10H13FN4O5S. The maximum Gasteiger partial charge on any atom is 0.274 e. The molecule has 21 heavy (non-hydrogen) atoms. The number of rotatable bonds is 6. The number of benzene rings is 1. The number of halogens is 1. The number of hydrogen-bond donors (Lipinski definition) is 3. The number of carbonyl (C=O) groups is 1. The summed E-state index contributed by atoms with van der Waals surface area (Å²) in [4.78, 5) is 19.4. The second-order valence-electron chi connectivity index (χ2n) is 4.30.